The largest absolute Gasteiger partial charge is 0.510 e. The zero-order chi connectivity index (χ0) is 31.1. The number of aromatic hydroxyl groups is 1. The van der Waals surface area contributed by atoms with Gasteiger partial charge in [-0.3, -0.25) is 19.3 Å². The van der Waals surface area contributed by atoms with Crippen LogP contribution < -0.4 is 10.6 Å². The van der Waals surface area contributed by atoms with Crippen LogP contribution in [0.3, 0.4) is 0 Å². The molecule has 1 aromatic carbocycles. The molecule has 4 aliphatic rings. The normalized spacial score (nSPS) is 30.4. The molecule has 9 heteroatoms. The van der Waals surface area contributed by atoms with Crippen molar-refractivity contribution < 1.29 is 29.7 Å². The quantitative estimate of drug-likeness (QED) is 0.318. The van der Waals surface area contributed by atoms with Crippen LogP contribution in [0, 0.1) is 28.1 Å². The summed E-state index contributed by atoms with van der Waals surface area (Å²) in [4.78, 5) is 44.3. The van der Waals surface area contributed by atoms with Gasteiger partial charge in [0, 0.05) is 36.2 Å². The number of ketones is 2. The number of hydrogen-bond acceptors (Lipinski definition) is 8. The van der Waals surface area contributed by atoms with Crippen molar-refractivity contribution in [3.05, 3.63) is 51.3 Å². The topological polar surface area (TPSA) is 144 Å². The number of allylic oxidation sites excluding steroid dienone is 4. The van der Waals surface area contributed by atoms with E-state index in [1.165, 1.54) is 6.92 Å². The Morgan fingerprint density at radius 1 is 1.07 bits per heavy atom. The second-order valence-corrected chi connectivity index (χ2v) is 13.2. The Morgan fingerprint density at radius 2 is 1.74 bits per heavy atom. The van der Waals surface area contributed by atoms with Crippen molar-refractivity contribution >= 4 is 28.9 Å². The number of likely N-dealkylation sites (N-methyl/N-ethyl adjacent to an activating group) is 1. The highest BCUT2D eigenvalue weighted by atomic mass is 16.3. The van der Waals surface area contributed by atoms with Crippen molar-refractivity contribution in [1.29, 1.82) is 0 Å². The Bertz CT molecular complexity index is 1620. The Balaban J connectivity index is 1.80. The van der Waals surface area contributed by atoms with Crippen molar-refractivity contribution in [2.75, 3.05) is 33.1 Å². The minimum Gasteiger partial charge on any atom is -0.510 e. The molecule has 1 aromatic rings. The number of amides is 1. The van der Waals surface area contributed by atoms with E-state index in [4.69, 9.17) is 5.73 Å². The van der Waals surface area contributed by atoms with Gasteiger partial charge >= 0.3 is 0 Å². The first-order chi connectivity index (χ1) is 19.5. The fraction of sp³-hybridized carbons (Fsp3) is 0.485. The summed E-state index contributed by atoms with van der Waals surface area (Å²) in [5.74, 6) is 2.55. The minimum absolute atomic E-state index is 0.0424. The maximum absolute atomic E-state index is 14.7. The summed E-state index contributed by atoms with van der Waals surface area (Å²) in [6.45, 7) is 5.15. The molecule has 4 atom stereocenters. The number of anilines is 1. The second-order valence-electron chi connectivity index (χ2n) is 13.2. The predicted molar refractivity (Wildman–Crippen MR) is 160 cm³/mol. The summed E-state index contributed by atoms with van der Waals surface area (Å²) in [5.41, 5.74) is 3.96. The van der Waals surface area contributed by atoms with E-state index in [0.29, 0.717) is 11.1 Å². The molecule has 0 bridgehead atoms. The molecule has 0 unspecified atom stereocenters. The lowest BCUT2D eigenvalue weighted by Crippen LogP contribution is -2.68. The standard InChI is InChI=1S/C33H39N3O6/c1-31-15-19-20(35(4)5)14-18(13-12-17-10-8-9-11-17)24(37)21(19)25(38)23(31)29(41)33(3)28(40)22(30(34)42)26(39)27(36(6)7)32(33,2)16-31/h10,14,27,37-38,40H,8-9,11,15-16H2,1-7H3,(H2,34,42)/t27-,31+,32+,33+/m1/s1. The van der Waals surface area contributed by atoms with Gasteiger partial charge in [-0.2, -0.15) is 0 Å². The van der Waals surface area contributed by atoms with Crippen molar-refractivity contribution in [2.24, 2.45) is 22.0 Å². The fourth-order valence-electron chi connectivity index (χ4n) is 8.06. The number of aliphatic hydroxyl groups is 2. The first kappa shape index (κ1) is 29.5. The molecule has 9 nitrogen and oxygen atoms in total. The van der Waals surface area contributed by atoms with Gasteiger partial charge in [-0.25, -0.2) is 0 Å². The average Bonchev–Trinajstić information content (AvgIpc) is 3.39. The van der Waals surface area contributed by atoms with Crippen LogP contribution in [0.25, 0.3) is 5.76 Å². The van der Waals surface area contributed by atoms with E-state index in [2.05, 4.69) is 17.9 Å². The van der Waals surface area contributed by atoms with Crippen LogP contribution in [0.1, 0.15) is 63.1 Å². The molecular formula is C33H39N3O6. The summed E-state index contributed by atoms with van der Waals surface area (Å²) >= 11 is 0. The van der Waals surface area contributed by atoms with E-state index in [0.717, 1.165) is 30.5 Å². The number of carbonyl (C=O) groups is 3. The summed E-state index contributed by atoms with van der Waals surface area (Å²) in [6, 6.07) is 0.853. The molecule has 0 heterocycles. The number of benzene rings is 1. The molecule has 1 saturated carbocycles. The van der Waals surface area contributed by atoms with Gasteiger partial charge in [-0.05, 0) is 70.3 Å². The lowest BCUT2D eigenvalue weighted by atomic mass is 9.42. The van der Waals surface area contributed by atoms with Crippen LogP contribution in [0.5, 0.6) is 5.75 Å². The minimum atomic E-state index is -1.76. The monoisotopic (exact) mass is 573 g/mol. The number of aliphatic hydroxyl groups excluding tert-OH is 2. The highest BCUT2D eigenvalue weighted by molar-refractivity contribution is 6.24. The number of carbonyl (C=O) groups excluding carboxylic acids is 3. The van der Waals surface area contributed by atoms with E-state index in [-0.39, 0.29) is 35.5 Å². The van der Waals surface area contributed by atoms with Gasteiger partial charge in [0.2, 0.25) is 0 Å². The first-order valence-corrected chi connectivity index (χ1v) is 14.2. The van der Waals surface area contributed by atoms with Crippen molar-refractivity contribution in [2.45, 2.75) is 58.9 Å². The Kier molecular flexibility index (Phi) is 6.66. The fourth-order valence-corrected chi connectivity index (χ4v) is 8.06. The molecule has 5 rings (SSSR count). The number of Topliss-reactive ketones (excluding diaryl/α,β-unsaturated/α-hetero) is 2. The third kappa shape index (κ3) is 3.77. The molecule has 222 valence electrons. The van der Waals surface area contributed by atoms with Gasteiger partial charge in [0.25, 0.3) is 5.91 Å². The third-order valence-corrected chi connectivity index (χ3v) is 10.1. The van der Waals surface area contributed by atoms with Gasteiger partial charge < -0.3 is 26.0 Å². The number of nitrogens with two attached hydrogens (primary N) is 1. The second kappa shape index (κ2) is 9.50. The van der Waals surface area contributed by atoms with Gasteiger partial charge in [-0.1, -0.05) is 31.8 Å². The van der Waals surface area contributed by atoms with Crippen molar-refractivity contribution in [3.8, 4) is 17.6 Å². The Morgan fingerprint density at radius 3 is 2.29 bits per heavy atom. The first-order valence-electron chi connectivity index (χ1n) is 14.2. The molecule has 4 aliphatic carbocycles. The highest BCUT2D eigenvalue weighted by Gasteiger charge is 2.70. The highest BCUT2D eigenvalue weighted by Crippen LogP contribution is 2.67. The number of rotatable bonds is 3. The van der Waals surface area contributed by atoms with Crippen LogP contribution in [-0.2, 0) is 20.8 Å². The van der Waals surface area contributed by atoms with Crippen molar-refractivity contribution in [3.63, 3.8) is 0 Å². The smallest absolute Gasteiger partial charge is 0.255 e. The van der Waals surface area contributed by atoms with E-state index < -0.39 is 51.1 Å². The van der Waals surface area contributed by atoms with Crippen LogP contribution in [0.2, 0.25) is 0 Å². The molecule has 0 radical (unpaired) electrons. The van der Waals surface area contributed by atoms with Gasteiger partial charge in [0.15, 0.2) is 11.6 Å². The lowest BCUT2D eigenvalue weighted by Gasteiger charge is -2.61. The van der Waals surface area contributed by atoms with Crippen LogP contribution in [0.4, 0.5) is 5.69 Å². The van der Waals surface area contributed by atoms with Crippen molar-refractivity contribution in [1.82, 2.24) is 4.90 Å². The predicted octanol–water partition coefficient (Wildman–Crippen LogP) is 3.55. The number of hydrogen-bond donors (Lipinski definition) is 4. The van der Waals surface area contributed by atoms with E-state index >= 15 is 0 Å². The zero-order valence-electron chi connectivity index (χ0n) is 25.3. The molecule has 0 aliphatic heterocycles. The molecule has 0 spiro atoms. The molecule has 5 N–H and O–H groups in total. The summed E-state index contributed by atoms with van der Waals surface area (Å²) in [7, 11) is 7.10. The Labute approximate surface area is 246 Å². The summed E-state index contributed by atoms with van der Waals surface area (Å²) in [6.07, 6.45) is 5.45. The molecule has 0 aromatic heterocycles. The van der Waals surface area contributed by atoms with Crippen LogP contribution >= 0.6 is 0 Å². The molecule has 42 heavy (non-hydrogen) atoms. The number of primary amides is 1. The lowest BCUT2D eigenvalue weighted by molar-refractivity contribution is -0.153. The van der Waals surface area contributed by atoms with Gasteiger partial charge in [0.05, 0.1) is 22.6 Å². The summed E-state index contributed by atoms with van der Waals surface area (Å²) in [5, 5.41) is 34.9. The zero-order valence-corrected chi connectivity index (χ0v) is 25.3. The molecule has 1 fully saturated rings. The van der Waals surface area contributed by atoms with E-state index in [1.54, 1.807) is 32.0 Å². The Hall–Kier alpha value is -4.03. The maximum Gasteiger partial charge on any atom is 0.255 e. The molecular weight excluding hydrogens is 534 g/mol. The van der Waals surface area contributed by atoms with E-state index in [9.17, 15) is 29.7 Å². The van der Waals surface area contributed by atoms with Crippen LogP contribution in [-0.4, -0.2) is 71.9 Å². The SMILES string of the molecule is CN(C)c1cc(C#CC2=CCCC2)c(O)c2c1C[C@@]1(C)C[C@@]3(C)[C@H](N(C)C)C(=O)C(C(N)=O)=C(O)[C@@]3(C)C(=O)C1=C2O. The summed E-state index contributed by atoms with van der Waals surface area (Å²) < 4.78 is 0. The average molecular weight is 574 g/mol. The number of fused-ring (bicyclic) bond motifs is 3. The molecule has 1 amide bonds. The maximum atomic E-state index is 14.7. The number of nitrogens with zero attached hydrogens (tertiary/aromatic N) is 2. The number of phenolic OH excluding ortho intramolecular Hbond substituents is 1. The molecule has 0 saturated heterocycles. The van der Waals surface area contributed by atoms with Crippen LogP contribution in [0.15, 0.2) is 34.6 Å². The van der Waals surface area contributed by atoms with Gasteiger partial charge in [0.1, 0.15) is 22.8 Å². The third-order valence-electron chi connectivity index (χ3n) is 10.1. The van der Waals surface area contributed by atoms with E-state index in [1.807, 2.05) is 25.9 Å². The number of phenols is 1. The van der Waals surface area contributed by atoms with Gasteiger partial charge in [-0.15, -0.1) is 0 Å².